The summed E-state index contributed by atoms with van der Waals surface area (Å²) in [5.41, 5.74) is 5.70. The van der Waals surface area contributed by atoms with E-state index < -0.39 is 0 Å². The lowest BCUT2D eigenvalue weighted by Crippen LogP contribution is -2.42. The largest absolute Gasteiger partial charge is 0.370 e. The predicted molar refractivity (Wildman–Crippen MR) is 67.4 cm³/mol. The summed E-state index contributed by atoms with van der Waals surface area (Å²) >= 11 is 0. The molecule has 2 saturated carbocycles. The zero-order chi connectivity index (χ0) is 11.4. The maximum absolute atomic E-state index is 7.68. The zero-order valence-electron chi connectivity index (χ0n) is 10.3. The van der Waals surface area contributed by atoms with Crippen molar-refractivity contribution in [3.63, 3.8) is 0 Å². The van der Waals surface area contributed by atoms with E-state index >= 15 is 0 Å². The lowest BCUT2D eigenvalue weighted by Gasteiger charge is -2.28. The monoisotopic (exact) mass is 223 g/mol. The average molecular weight is 223 g/mol. The van der Waals surface area contributed by atoms with Gasteiger partial charge in [0.1, 0.15) is 0 Å². The van der Waals surface area contributed by atoms with Crippen molar-refractivity contribution in [3.8, 4) is 0 Å². The molecule has 0 unspecified atom stereocenters. The molecule has 16 heavy (non-hydrogen) atoms. The number of guanidine groups is 1. The molecule has 0 saturated heterocycles. The number of nitrogens with two attached hydrogens (primary N) is 1. The summed E-state index contributed by atoms with van der Waals surface area (Å²) in [7, 11) is 0. The van der Waals surface area contributed by atoms with Gasteiger partial charge in [-0.05, 0) is 37.5 Å². The summed E-state index contributed by atoms with van der Waals surface area (Å²) in [4.78, 5) is 2.13. The van der Waals surface area contributed by atoms with Crippen molar-refractivity contribution in [3.05, 3.63) is 0 Å². The molecule has 3 N–H and O–H groups in total. The van der Waals surface area contributed by atoms with Gasteiger partial charge in [0, 0.05) is 13.1 Å². The first-order valence-electron chi connectivity index (χ1n) is 6.84. The second-order valence-corrected chi connectivity index (χ2v) is 5.59. The van der Waals surface area contributed by atoms with Crippen LogP contribution in [0.15, 0.2) is 0 Å². The highest BCUT2D eigenvalue weighted by Gasteiger charge is 2.23. The second-order valence-electron chi connectivity index (χ2n) is 5.59. The minimum Gasteiger partial charge on any atom is -0.370 e. The van der Waals surface area contributed by atoms with Crippen molar-refractivity contribution < 1.29 is 0 Å². The molecule has 2 fully saturated rings. The lowest BCUT2D eigenvalue weighted by atomic mass is 10.0. The smallest absolute Gasteiger partial charge is 0.188 e. The molecular formula is C13H25N3. The molecule has 0 aliphatic heterocycles. The Labute approximate surface area is 98.9 Å². The first kappa shape index (κ1) is 11.7. The highest BCUT2D eigenvalue weighted by atomic mass is 15.2. The van der Waals surface area contributed by atoms with Gasteiger partial charge in [-0.1, -0.05) is 25.7 Å². The van der Waals surface area contributed by atoms with Gasteiger partial charge in [-0.15, -0.1) is 0 Å². The van der Waals surface area contributed by atoms with Crippen LogP contribution in [0.5, 0.6) is 0 Å². The van der Waals surface area contributed by atoms with Gasteiger partial charge in [-0.2, -0.15) is 0 Å². The fourth-order valence-electron chi connectivity index (χ4n) is 3.28. The third-order valence-corrected chi connectivity index (χ3v) is 4.25. The topological polar surface area (TPSA) is 53.1 Å². The number of hydrogen-bond acceptors (Lipinski definition) is 1. The molecule has 92 valence electrons. The maximum Gasteiger partial charge on any atom is 0.188 e. The van der Waals surface area contributed by atoms with Gasteiger partial charge in [0.2, 0.25) is 0 Å². The molecule has 0 bridgehead atoms. The van der Waals surface area contributed by atoms with Crippen molar-refractivity contribution in [2.45, 2.75) is 51.4 Å². The molecule has 0 heterocycles. The molecular weight excluding hydrogens is 198 g/mol. The van der Waals surface area contributed by atoms with Crippen LogP contribution in [0, 0.1) is 17.2 Å². The molecule has 3 heteroatoms. The minimum absolute atomic E-state index is 0.291. The van der Waals surface area contributed by atoms with E-state index in [9.17, 15) is 0 Å². The van der Waals surface area contributed by atoms with Crippen molar-refractivity contribution in [1.82, 2.24) is 4.90 Å². The Morgan fingerprint density at radius 1 is 0.938 bits per heavy atom. The number of nitrogens with zero attached hydrogens (tertiary/aromatic N) is 1. The average Bonchev–Trinajstić information content (AvgIpc) is 2.88. The first-order chi connectivity index (χ1) is 7.75. The third kappa shape index (κ3) is 3.13. The molecule has 3 nitrogen and oxygen atoms in total. The maximum atomic E-state index is 7.68. The third-order valence-electron chi connectivity index (χ3n) is 4.25. The lowest BCUT2D eigenvalue weighted by molar-refractivity contribution is 0.290. The number of nitrogens with one attached hydrogen (secondary N) is 1. The van der Waals surface area contributed by atoms with Gasteiger partial charge >= 0.3 is 0 Å². The second kappa shape index (κ2) is 5.55. The van der Waals surface area contributed by atoms with E-state index in [4.69, 9.17) is 11.1 Å². The Balaban J connectivity index is 1.81. The van der Waals surface area contributed by atoms with Gasteiger partial charge < -0.3 is 10.6 Å². The number of hydrogen-bond donors (Lipinski definition) is 2. The molecule has 2 rings (SSSR count). The Morgan fingerprint density at radius 2 is 1.31 bits per heavy atom. The van der Waals surface area contributed by atoms with E-state index in [1.165, 1.54) is 51.4 Å². The summed E-state index contributed by atoms with van der Waals surface area (Å²) < 4.78 is 0. The van der Waals surface area contributed by atoms with Crippen molar-refractivity contribution in [2.24, 2.45) is 17.6 Å². The minimum atomic E-state index is 0.291. The van der Waals surface area contributed by atoms with E-state index in [0.717, 1.165) is 24.9 Å². The van der Waals surface area contributed by atoms with Crippen LogP contribution in [0.1, 0.15) is 51.4 Å². The highest BCUT2D eigenvalue weighted by molar-refractivity contribution is 5.74. The van der Waals surface area contributed by atoms with Gasteiger partial charge in [-0.3, -0.25) is 5.41 Å². The van der Waals surface area contributed by atoms with E-state index in [1.54, 1.807) is 0 Å². The summed E-state index contributed by atoms with van der Waals surface area (Å²) in [5.74, 6) is 1.88. The van der Waals surface area contributed by atoms with E-state index in [2.05, 4.69) is 4.90 Å². The van der Waals surface area contributed by atoms with Crippen LogP contribution in [0.2, 0.25) is 0 Å². The van der Waals surface area contributed by atoms with E-state index in [1.807, 2.05) is 0 Å². The molecule has 0 aromatic heterocycles. The first-order valence-corrected chi connectivity index (χ1v) is 6.84. The van der Waals surface area contributed by atoms with E-state index in [0.29, 0.717) is 5.96 Å². The van der Waals surface area contributed by atoms with Gasteiger partial charge in [0.25, 0.3) is 0 Å². The molecule has 2 aliphatic rings. The fraction of sp³-hybridized carbons (Fsp3) is 0.923. The molecule has 0 aromatic rings. The van der Waals surface area contributed by atoms with Crippen molar-refractivity contribution in [2.75, 3.05) is 13.1 Å². The normalized spacial score (nSPS) is 22.8. The van der Waals surface area contributed by atoms with Gasteiger partial charge in [0.15, 0.2) is 5.96 Å². The van der Waals surface area contributed by atoms with Gasteiger partial charge in [0.05, 0.1) is 0 Å². The molecule has 0 aromatic carbocycles. The SMILES string of the molecule is N=C(N)N(CC1CCCC1)CC1CCCC1. The van der Waals surface area contributed by atoms with Crippen LogP contribution in [0.4, 0.5) is 0 Å². The summed E-state index contributed by atoms with van der Waals surface area (Å²) in [6.45, 7) is 2.07. The summed E-state index contributed by atoms with van der Waals surface area (Å²) in [5, 5.41) is 7.68. The van der Waals surface area contributed by atoms with Gasteiger partial charge in [-0.25, -0.2) is 0 Å². The molecule has 0 spiro atoms. The predicted octanol–water partition coefficient (Wildman–Crippen LogP) is 2.56. The Hall–Kier alpha value is -0.730. The number of rotatable bonds is 4. The summed E-state index contributed by atoms with van der Waals surface area (Å²) in [6.07, 6.45) is 10.9. The standard InChI is InChI=1S/C13H25N3/c14-13(15)16(9-11-5-1-2-6-11)10-12-7-3-4-8-12/h11-12H,1-10H2,(H3,14,15). The Morgan fingerprint density at radius 3 is 1.62 bits per heavy atom. The molecule has 0 amide bonds. The van der Waals surface area contributed by atoms with Crippen LogP contribution in [0.3, 0.4) is 0 Å². The van der Waals surface area contributed by atoms with Crippen LogP contribution in [-0.2, 0) is 0 Å². The van der Waals surface area contributed by atoms with Crippen LogP contribution >= 0.6 is 0 Å². The molecule has 2 aliphatic carbocycles. The Bertz CT molecular complexity index is 209. The highest BCUT2D eigenvalue weighted by Crippen LogP contribution is 2.28. The quantitative estimate of drug-likeness (QED) is 0.568. The fourth-order valence-corrected chi connectivity index (χ4v) is 3.28. The van der Waals surface area contributed by atoms with Crippen LogP contribution in [0.25, 0.3) is 0 Å². The van der Waals surface area contributed by atoms with Crippen LogP contribution < -0.4 is 5.73 Å². The van der Waals surface area contributed by atoms with E-state index in [-0.39, 0.29) is 0 Å². The summed E-state index contributed by atoms with van der Waals surface area (Å²) in [6, 6.07) is 0. The van der Waals surface area contributed by atoms with Crippen molar-refractivity contribution >= 4 is 5.96 Å². The molecule has 0 radical (unpaired) electrons. The zero-order valence-corrected chi connectivity index (χ0v) is 10.3. The Kier molecular flexibility index (Phi) is 4.08. The molecule has 0 atom stereocenters. The van der Waals surface area contributed by atoms with Crippen molar-refractivity contribution in [1.29, 1.82) is 5.41 Å². The van der Waals surface area contributed by atoms with Crippen LogP contribution in [-0.4, -0.2) is 23.9 Å².